The number of ether oxygens (including phenoxy) is 1. The fourth-order valence-corrected chi connectivity index (χ4v) is 1.48. The lowest BCUT2D eigenvalue weighted by molar-refractivity contribution is -0.125. The monoisotopic (exact) mass is 207 g/mol. The van der Waals surface area contributed by atoms with Gasteiger partial charge in [-0.25, -0.2) is 0 Å². The predicted molar refractivity (Wildman–Crippen MR) is 52.8 cm³/mol. The van der Waals surface area contributed by atoms with E-state index < -0.39 is 0 Å². The minimum absolute atomic E-state index is 0.00155. The number of amides is 1. The zero-order valence-corrected chi connectivity index (χ0v) is 8.35. The molecule has 15 heavy (non-hydrogen) atoms. The summed E-state index contributed by atoms with van der Waals surface area (Å²) in [5, 5.41) is 2.82. The van der Waals surface area contributed by atoms with E-state index in [1.165, 1.54) is 0 Å². The molecule has 1 fully saturated rings. The first-order valence-corrected chi connectivity index (χ1v) is 4.96. The van der Waals surface area contributed by atoms with Gasteiger partial charge in [0.15, 0.2) is 0 Å². The molecule has 1 N–H and O–H groups in total. The Balaban J connectivity index is 1.80. The van der Waals surface area contributed by atoms with Crippen molar-refractivity contribution in [1.82, 2.24) is 15.3 Å². The highest BCUT2D eigenvalue weighted by Crippen LogP contribution is 2.11. The highest BCUT2D eigenvalue weighted by atomic mass is 16.5. The normalized spacial score (nSPS) is 20.1. The van der Waals surface area contributed by atoms with Gasteiger partial charge >= 0.3 is 0 Å². The highest BCUT2D eigenvalue weighted by Gasteiger charge is 2.22. The van der Waals surface area contributed by atoms with Crippen LogP contribution >= 0.6 is 0 Å². The van der Waals surface area contributed by atoms with Crippen molar-refractivity contribution < 1.29 is 9.53 Å². The zero-order valence-electron chi connectivity index (χ0n) is 8.35. The van der Waals surface area contributed by atoms with E-state index in [1.807, 2.05) is 0 Å². The van der Waals surface area contributed by atoms with Gasteiger partial charge in [-0.15, -0.1) is 0 Å². The number of aromatic nitrogens is 2. The van der Waals surface area contributed by atoms with Gasteiger partial charge in [0, 0.05) is 19.0 Å². The molecule has 1 aromatic rings. The molecule has 1 aliphatic heterocycles. The van der Waals surface area contributed by atoms with Crippen LogP contribution in [0.15, 0.2) is 18.6 Å². The molecule has 1 unspecified atom stereocenters. The van der Waals surface area contributed by atoms with Crippen molar-refractivity contribution in [1.29, 1.82) is 0 Å². The Bertz CT molecular complexity index is 323. The molecule has 1 saturated heterocycles. The Hall–Kier alpha value is -1.49. The molecule has 1 amide bonds. The first-order chi connectivity index (χ1) is 7.36. The topological polar surface area (TPSA) is 64.1 Å². The van der Waals surface area contributed by atoms with Gasteiger partial charge in [-0.1, -0.05) is 0 Å². The number of hydrogen-bond donors (Lipinski definition) is 1. The molecule has 0 aromatic carbocycles. The molecule has 0 bridgehead atoms. The lowest BCUT2D eigenvalue weighted by Crippen LogP contribution is -2.30. The van der Waals surface area contributed by atoms with Crippen molar-refractivity contribution in [2.75, 3.05) is 13.2 Å². The minimum Gasteiger partial charge on any atom is -0.381 e. The molecule has 0 radical (unpaired) electrons. The molecule has 0 spiro atoms. The summed E-state index contributed by atoms with van der Waals surface area (Å²) in [6, 6.07) is 0. The van der Waals surface area contributed by atoms with Crippen molar-refractivity contribution >= 4 is 5.91 Å². The maximum absolute atomic E-state index is 11.6. The number of hydrogen-bond acceptors (Lipinski definition) is 4. The molecule has 0 aliphatic carbocycles. The SMILES string of the molecule is O=C(NCc1cnccn1)C1CCOC1. The van der Waals surface area contributed by atoms with Crippen LogP contribution in [-0.4, -0.2) is 29.1 Å². The molecule has 80 valence electrons. The first kappa shape index (κ1) is 10.0. The van der Waals surface area contributed by atoms with Crippen LogP contribution < -0.4 is 5.32 Å². The Morgan fingerprint density at radius 3 is 3.20 bits per heavy atom. The molecule has 0 saturated carbocycles. The van der Waals surface area contributed by atoms with Crippen LogP contribution in [0.4, 0.5) is 0 Å². The number of nitrogens with one attached hydrogen (secondary N) is 1. The summed E-state index contributed by atoms with van der Waals surface area (Å²) in [6.45, 7) is 1.65. The summed E-state index contributed by atoms with van der Waals surface area (Å²) in [5.41, 5.74) is 0.768. The van der Waals surface area contributed by atoms with Crippen molar-refractivity contribution in [2.24, 2.45) is 5.92 Å². The van der Waals surface area contributed by atoms with Crippen molar-refractivity contribution in [3.63, 3.8) is 0 Å². The fraction of sp³-hybridized carbons (Fsp3) is 0.500. The Morgan fingerprint density at radius 1 is 1.60 bits per heavy atom. The fourth-order valence-electron chi connectivity index (χ4n) is 1.48. The third kappa shape index (κ3) is 2.73. The van der Waals surface area contributed by atoms with E-state index in [4.69, 9.17) is 4.74 Å². The van der Waals surface area contributed by atoms with Gasteiger partial charge in [0.2, 0.25) is 5.91 Å². The van der Waals surface area contributed by atoms with E-state index in [9.17, 15) is 4.79 Å². The van der Waals surface area contributed by atoms with E-state index in [0.29, 0.717) is 19.8 Å². The van der Waals surface area contributed by atoms with E-state index in [2.05, 4.69) is 15.3 Å². The molecular weight excluding hydrogens is 194 g/mol. The average Bonchev–Trinajstić information content (AvgIpc) is 2.81. The second kappa shape index (κ2) is 4.84. The summed E-state index contributed by atoms with van der Waals surface area (Å²) < 4.78 is 5.14. The van der Waals surface area contributed by atoms with E-state index in [-0.39, 0.29) is 11.8 Å². The summed E-state index contributed by atoms with van der Waals surface area (Å²) >= 11 is 0. The van der Waals surface area contributed by atoms with Gasteiger partial charge in [-0.3, -0.25) is 14.8 Å². The average molecular weight is 207 g/mol. The van der Waals surface area contributed by atoms with Crippen LogP contribution in [0, 0.1) is 5.92 Å². The molecule has 2 heterocycles. The second-order valence-corrected chi connectivity index (χ2v) is 3.48. The Morgan fingerprint density at radius 2 is 2.53 bits per heavy atom. The van der Waals surface area contributed by atoms with Crippen molar-refractivity contribution in [3.05, 3.63) is 24.3 Å². The zero-order chi connectivity index (χ0) is 10.5. The summed E-state index contributed by atoms with van der Waals surface area (Å²) in [6.07, 6.45) is 5.67. The lowest BCUT2D eigenvalue weighted by Gasteiger charge is -2.08. The number of carbonyl (C=O) groups is 1. The Labute approximate surface area is 87.9 Å². The summed E-state index contributed by atoms with van der Waals surface area (Å²) in [5.74, 6) is 0.0415. The summed E-state index contributed by atoms with van der Waals surface area (Å²) in [7, 11) is 0. The van der Waals surface area contributed by atoms with Gasteiger partial charge in [0.1, 0.15) is 0 Å². The maximum Gasteiger partial charge on any atom is 0.225 e. The van der Waals surface area contributed by atoms with Gasteiger partial charge in [0.25, 0.3) is 0 Å². The number of nitrogens with zero attached hydrogens (tertiary/aromatic N) is 2. The van der Waals surface area contributed by atoms with Crippen LogP contribution in [0.1, 0.15) is 12.1 Å². The standard InChI is InChI=1S/C10H13N3O2/c14-10(8-1-4-15-7-8)13-6-9-5-11-2-3-12-9/h2-3,5,8H,1,4,6-7H2,(H,13,14). The van der Waals surface area contributed by atoms with E-state index in [0.717, 1.165) is 12.1 Å². The smallest absolute Gasteiger partial charge is 0.225 e. The predicted octanol–water partition coefficient (Wildman–Crippen LogP) is 0.129. The Kier molecular flexibility index (Phi) is 3.24. The first-order valence-electron chi connectivity index (χ1n) is 4.96. The summed E-state index contributed by atoms with van der Waals surface area (Å²) in [4.78, 5) is 19.6. The van der Waals surface area contributed by atoms with Crippen LogP contribution in [-0.2, 0) is 16.1 Å². The number of carbonyl (C=O) groups excluding carboxylic acids is 1. The van der Waals surface area contributed by atoms with Crippen molar-refractivity contribution in [3.8, 4) is 0 Å². The van der Waals surface area contributed by atoms with E-state index in [1.54, 1.807) is 18.6 Å². The highest BCUT2D eigenvalue weighted by molar-refractivity contribution is 5.78. The molecule has 1 aliphatic rings. The largest absolute Gasteiger partial charge is 0.381 e. The van der Waals surface area contributed by atoms with Gasteiger partial charge in [-0.2, -0.15) is 0 Å². The molecule has 1 aromatic heterocycles. The van der Waals surface area contributed by atoms with Gasteiger partial charge in [-0.05, 0) is 6.42 Å². The second-order valence-electron chi connectivity index (χ2n) is 3.48. The van der Waals surface area contributed by atoms with Crippen LogP contribution in [0.5, 0.6) is 0 Å². The third-order valence-electron chi connectivity index (χ3n) is 2.36. The quantitative estimate of drug-likeness (QED) is 0.765. The van der Waals surface area contributed by atoms with E-state index >= 15 is 0 Å². The molecule has 5 heteroatoms. The number of rotatable bonds is 3. The van der Waals surface area contributed by atoms with Gasteiger partial charge < -0.3 is 10.1 Å². The molecule has 5 nitrogen and oxygen atoms in total. The van der Waals surface area contributed by atoms with Gasteiger partial charge in [0.05, 0.1) is 31.0 Å². The van der Waals surface area contributed by atoms with Crippen LogP contribution in [0.3, 0.4) is 0 Å². The van der Waals surface area contributed by atoms with Crippen LogP contribution in [0.2, 0.25) is 0 Å². The third-order valence-corrected chi connectivity index (χ3v) is 2.36. The van der Waals surface area contributed by atoms with Crippen LogP contribution in [0.25, 0.3) is 0 Å². The van der Waals surface area contributed by atoms with Crippen molar-refractivity contribution in [2.45, 2.75) is 13.0 Å². The maximum atomic E-state index is 11.6. The molecule has 2 rings (SSSR count). The minimum atomic E-state index is 0.00155. The molecule has 1 atom stereocenters. The lowest BCUT2D eigenvalue weighted by atomic mass is 10.1. The molecular formula is C10H13N3O2.